The smallest absolute Gasteiger partial charge is 0.336 e. The van der Waals surface area contributed by atoms with E-state index >= 15 is 0 Å². The molecule has 0 radical (unpaired) electrons. The van der Waals surface area contributed by atoms with E-state index in [0.29, 0.717) is 17.7 Å². The maximum absolute atomic E-state index is 12.7. The van der Waals surface area contributed by atoms with Crippen LogP contribution < -0.4 is 10.2 Å². The van der Waals surface area contributed by atoms with Crippen LogP contribution in [-0.4, -0.2) is 29.8 Å². The molecule has 2 rings (SSSR count). The van der Waals surface area contributed by atoms with Gasteiger partial charge in [0.25, 0.3) is 0 Å². The molecule has 1 heterocycles. The quantitative estimate of drug-likeness (QED) is 0.829. The van der Waals surface area contributed by atoms with E-state index in [9.17, 15) is 13.2 Å². The Labute approximate surface area is 127 Å². The molecule has 0 unspecified atom stereocenters. The summed E-state index contributed by atoms with van der Waals surface area (Å²) >= 11 is 1.40. The van der Waals surface area contributed by atoms with Gasteiger partial charge in [0, 0.05) is 23.5 Å². The maximum atomic E-state index is 12.7. The van der Waals surface area contributed by atoms with Crippen molar-refractivity contribution in [1.82, 2.24) is 10.3 Å². The monoisotopic (exact) mass is 321 g/mol. The molecule has 1 N–H and O–H groups in total. The van der Waals surface area contributed by atoms with Crippen LogP contribution in [0.3, 0.4) is 0 Å². The summed E-state index contributed by atoms with van der Waals surface area (Å²) in [6.07, 6.45) is -1.78. The van der Waals surface area contributed by atoms with Gasteiger partial charge in [-0.15, -0.1) is 11.3 Å². The molecule has 0 atom stereocenters. The lowest BCUT2D eigenvalue weighted by atomic mass is 10.3. The Kier molecular flexibility index (Phi) is 5.14. The van der Waals surface area contributed by atoms with Gasteiger partial charge in [-0.25, -0.2) is 4.98 Å². The van der Waals surface area contributed by atoms with E-state index in [4.69, 9.17) is 0 Å². The molecule has 1 aliphatic rings. The Bertz CT molecular complexity index is 467. The van der Waals surface area contributed by atoms with E-state index < -0.39 is 12.7 Å². The minimum atomic E-state index is -4.18. The highest BCUT2D eigenvalue weighted by molar-refractivity contribution is 7.15. The molecule has 120 valence electrons. The van der Waals surface area contributed by atoms with Gasteiger partial charge >= 0.3 is 6.18 Å². The van der Waals surface area contributed by atoms with Crippen molar-refractivity contribution in [3.8, 4) is 0 Å². The number of nitrogens with one attached hydrogen (secondary N) is 1. The summed E-state index contributed by atoms with van der Waals surface area (Å²) in [5, 5.41) is 3.83. The Balaban J connectivity index is 2.16. The van der Waals surface area contributed by atoms with Crippen molar-refractivity contribution in [2.24, 2.45) is 0 Å². The van der Waals surface area contributed by atoms with Crippen LogP contribution in [0.15, 0.2) is 0 Å². The average Bonchev–Trinajstić information content (AvgIpc) is 3.12. The number of alkyl halides is 3. The third kappa shape index (κ3) is 4.85. The third-order valence-electron chi connectivity index (χ3n) is 3.36. The Morgan fingerprint density at radius 2 is 2.05 bits per heavy atom. The first-order valence-electron chi connectivity index (χ1n) is 7.35. The number of anilines is 1. The van der Waals surface area contributed by atoms with Gasteiger partial charge in [-0.2, -0.15) is 13.2 Å². The van der Waals surface area contributed by atoms with E-state index in [1.54, 1.807) is 0 Å². The van der Waals surface area contributed by atoms with Crippen LogP contribution in [0.1, 0.15) is 44.2 Å². The number of nitrogens with zero attached hydrogens (tertiary/aromatic N) is 2. The molecule has 7 heteroatoms. The first-order chi connectivity index (χ1) is 9.80. The number of rotatable bonds is 7. The lowest BCUT2D eigenvalue weighted by Crippen LogP contribution is -2.35. The van der Waals surface area contributed by atoms with Crippen molar-refractivity contribution in [3.05, 3.63) is 10.6 Å². The first-order valence-corrected chi connectivity index (χ1v) is 8.17. The molecule has 0 spiro atoms. The molecule has 0 aromatic carbocycles. The summed E-state index contributed by atoms with van der Waals surface area (Å²) in [5.41, 5.74) is 0.913. The van der Waals surface area contributed by atoms with Gasteiger partial charge in [-0.05, 0) is 19.3 Å². The summed E-state index contributed by atoms with van der Waals surface area (Å²) in [4.78, 5) is 6.94. The molecule has 0 amide bonds. The second-order valence-electron chi connectivity index (χ2n) is 5.73. The number of hydrogen-bond acceptors (Lipinski definition) is 4. The van der Waals surface area contributed by atoms with Crippen molar-refractivity contribution in [2.45, 2.75) is 64.8 Å². The van der Waals surface area contributed by atoms with Crippen LogP contribution in [0, 0.1) is 0 Å². The SMILES string of the molecule is CCc1nc(N(CC(F)(F)F)C2CC2)sc1CNC(C)C. The van der Waals surface area contributed by atoms with Gasteiger partial charge in [-0.1, -0.05) is 20.8 Å². The molecule has 1 aromatic heterocycles. The van der Waals surface area contributed by atoms with Crippen LogP contribution in [0.2, 0.25) is 0 Å². The van der Waals surface area contributed by atoms with Gasteiger partial charge in [0.2, 0.25) is 0 Å². The van der Waals surface area contributed by atoms with E-state index in [0.717, 1.165) is 29.8 Å². The van der Waals surface area contributed by atoms with Gasteiger partial charge in [0.05, 0.1) is 5.69 Å². The number of hydrogen-bond donors (Lipinski definition) is 1. The van der Waals surface area contributed by atoms with Crippen LogP contribution >= 0.6 is 11.3 Å². The highest BCUT2D eigenvalue weighted by Gasteiger charge is 2.39. The van der Waals surface area contributed by atoms with Crippen molar-refractivity contribution in [3.63, 3.8) is 0 Å². The molecule has 3 nitrogen and oxygen atoms in total. The third-order valence-corrected chi connectivity index (χ3v) is 4.49. The molecule has 0 saturated heterocycles. The first kappa shape index (κ1) is 16.5. The highest BCUT2D eigenvalue weighted by Crippen LogP contribution is 2.37. The zero-order chi connectivity index (χ0) is 15.6. The lowest BCUT2D eigenvalue weighted by molar-refractivity contribution is -0.120. The fourth-order valence-electron chi connectivity index (χ4n) is 2.14. The maximum Gasteiger partial charge on any atom is 0.406 e. The van der Waals surface area contributed by atoms with Gasteiger partial charge in [-0.3, -0.25) is 0 Å². The highest BCUT2D eigenvalue weighted by atomic mass is 32.1. The second kappa shape index (κ2) is 6.52. The molecule has 1 fully saturated rings. The van der Waals surface area contributed by atoms with Crippen LogP contribution in [0.4, 0.5) is 18.3 Å². The van der Waals surface area contributed by atoms with E-state index in [1.807, 2.05) is 20.8 Å². The van der Waals surface area contributed by atoms with Crippen LogP contribution in [0.25, 0.3) is 0 Å². The average molecular weight is 321 g/mol. The number of aryl methyl sites for hydroxylation is 1. The fourth-order valence-corrected chi connectivity index (χ4v) is 3.31. The predicted octanol–water partition coefficient (Wildman–Crippen LogP) is 3.73. The van der Waals surface area contributed by atoms with Crippen molar-refractivity contribution < 1.29 is 13.2 Å². The number of aromatic nitrogens is 1. The van der Waals surface area contributed by atoms with Crippen molar-refractivity contribution in [1.29, 1.82) is 0 Å². The van der Waals surface area contributed by atoms with Crippen molar-refractivity contribution >= 4 is 16.5 Å². The normalized spacial score (nSPS) is 15.8. The summed E-state index contributed by atoms with van der Waals surface area (Å²) in [6, 6.07) is 0.350. The molecule has 0 bridgehead atoms. The van der Waals surface area contributed by atoms with E-state index in [-0.39, 0.29) is 6.04 Å². The Morgan fingerprint density at radius 1 is 1.38 bits per heavy atom. The summed E-state index contributed by atoms with van der Waals surface area (Å²) in [5.74, 6) is 0. The zero-order valence-corrected chi connectivity index (χ0v) is 13.4. The minimum absolute atomic E-state index is 0.00777. The van der Waals surface area contributed by atoms with Crippen LogP contribution in [-0.2, 0) is 13.0 Å². The van der Waals surface area contributed by atoms with E-state index in [2.05, 4.69) is 10.3 Å². The second-order valence-corrected chi connectivity index (χ2v) is 6.79. The Morgan fingerprint density at radius 3 is 2.52 bits per heavy atom. The summed E-state index contributed by atoms with van der Waals surface area (Å²) in [7, 11) is 0. The molecular formula is C14H22F3N3S. The molecule has 0 aliphatic heterocycles. The number of halogens is 3. The zero-order valence-electron chi connectivity index (χ0n) is 12.6. The topological polar surface area (TPSA) is 28.2 Å². The molecule has 1 aliphatic carbocycles. The largest absolute Gasteiger partial charge is 0.406 e. The Hall–Kier alpha value is -0.820. The van der Waals surface area contributed by atoms with Crippen LogP contribution in [0.5, 0.6) is 0 Å². The van der Waals surface area contributed by atoms with Gasteiger partial charge in [0.15, 0.2) is 5.13 Å². The summed E-state index contributed by atoms with van der Waals surface area (Å²) in [6.45, 7) is 5.86. The van der Waals surface area contributed by atoms with Crippen molar-refractivity contribution in [2.75, 3.05) is 11.4 Å². The van der Waals surface area contributed by atoms with Gasteiger partial charge < -0.3 is 10.2 Å². The number of thiazole rings is 1. The lowest BCUT2D eigenvalue weighted by Gasteiger charge is -2.22. The molecular weight excluding hydrogens is 299 g/mol. The summed E-state index contributed by atoms with van der Waals surface area (Å²) < 4.78 is 38.2. The molecule has 21 heavy (non-hydrogen) atoms. The minimum Gasteiger partial charge on any atom is -0.336 e. The molecule has 1 aromatic rings. The fraction of sp³-hybridized carbons (Fsp3) is 0.786. The van der Waals surface area contributed by atoms with Gasteiger partial charge in [0.1, 0.15) is 6.54 Å². The molecule has 1 saturated carbocycles. The predicted molar refractivity (Wildman–Crippen MR) is 79.9 cm³/mol. The van der Waals surface area contributed by atoms with E-state index in [1.165, 1.54) is 16.2 Å². The standard InChI is InChI=1S/C14H22F3N3S/c1-4-11-12(7-18-9(2)3)21-13(19-11)20(10-5-6-10)8-14(15,16)17/h9-10,18H,4-8H2,1-3H3.